The van der Waals surface area contributed by atoms with Crippen molar-refractivity contribution in [1.29, 1.82) is 0 Å². The predicted octanol–water partition coefficient (Wildman–Crippen LogP) is 1.99. The molecular formula is C12H17ClO4. The normalized spacial score (nSPS) is 12.3. The third-order valence-electron chi connectivity index (χ3n) is 2.27. The van der Waals surface area contributed by atoms with Gasteiger partial charge in [0, 0.05) is 23.1 Å². The molecule has 0 amide bonds. The van der Waals surface area contributed by atoms with Gasteiger partial charge in [-0.2, -0.15) is 0 Å². The van der Waals surface area contributed by atoms with Gasteiger partial charge in [0.15, 0.2) is 11.5 Å². The van der Waals surface area contributed by atoms with E-state index in [0.717, 1.165) is 0 Å². The van der Waals surface area contributed by atoms with Gasteiger partial charge in [0.25, 0.3) is 0 Å². The molecule has 0 aliphatic rings. The lowest BCUT2D eigenvalue weighted by molar-refractivity contribution is 0.152. The maximum Gasteiger partial charge on any atom is 0.166 e. The van der Waals surface area contributed by atoms with E-state index >= 15 is 0 Å². The van der Waals surface area contributed by atoms with Gasteiger partial charge in [0.2, 0.25) is 0 Å². The third-order valence-corrected chi connectivity index (χ3v) is 2.49. The maximum absolute atomic E-state index is 9.23. The first-order valence-electron chi connectivity index (χ1n) is 5.36. The number of hydrogen-bond acceptors (Lipinski definition) is 4. The van der Waals surface area contributed by atoms with Crippen LogP contribution in [0, 0.1) is 0 Å². The van der Waals surface area contributed by atoms with Crippen LogP contribution >= 0.6 is 11.6 Å². The Morgan fingerprint density at radius 1 is 1.41 bits per heavy atom. The Balaban J connectivity index is 2.87. The monoisotopic (exact) mass is 260 g/mol. The zero-order valence-electron chi connectivity index (χ0n) is 9.94. The quantitative estimate of drug-likeness (QED) is 0.821. The van der Waals surface area contributed by atoms with Crippen molar-refractivity contribution < 1.29 is 19.7 Å². The Kier molecular flexibility index (Phi) is 5.55. The summed E-state index contributed by atoms with van der Waals surface area (Å²) >= 11 is 5.88. The Bertz CT molecular complexity index is 341. The second-order valence-electron chi connectivity index (χ2n) is 3.74. The van der Waals surface area contributed by atoms with Gasteiger partial charge >= 0.3 is 0 Å². The molecule has 1 aromatic carbocycles. The zero-order valence-corrected chi connectivity index (χ0v) is 10.7. The molecule has 0 heterocycles. The first kappa shape index (κ1) is 14.1. The summed E-state index contributed by atoms with van der Waals surface area (Å²) in [6.45, 7) is 1.86. The van der Waals surface area contributed by atoms with Crippen LogP contribution < -0.4 is 9.47 Å². The van der Waals surface area contributed by atoms with Crippen LogP contribution in [0.1, 0.15) is 18.9 Å². The third kappa shape index (κ3) is 4.07. The summed E-state index contributed by atoms with van der Waals surface area (Å²) < 4.78 is 10.7. The van der Waals surface area contributed by atoms with Crippen LogP contribution in [-0.4, -0.2) is 30.0 Å². The molecule has 96 valence electrons. The van der Waals surface area contributed by atoms with E-state index in [1.165, 1.54) is 7.11 Å². The fourth-order valence-electron chi connectivity index (χ4n) is 1.39. The van der Waals surface area contributed by atoms with Crippen molar-refractivity contribution in [3.63, 3.8) is 0 Å². The highest BCUT2D eigenvalue weighted by molar-refractivity contribution is 6.30. The Labute approximate surface area is 106 Å². The van der Waals surface area contributed by atoms with Gasteiger partial charge in [-0.3, -0.25) is 0 Å². The lowest BCUT2D eigenvalue weighted by Gasteiger charge is -2.15. The molecule has 4 nitrogen and oxygen atoms in total. The molecule has 0 aliphatic carbocycles. The second kappa shape index (κ2) is 6.69. The molecule has 0 spiro atoms. The van der Waals surface area contributed by atoms with Crippen LogP contribution in [0.5, 0.6) is 11.5 Å². The molecule has 1 aromatic rings. The first-order valence-corrected chi connectivity index (χ1v) is 5.74. The van der Waals surface area contributed by atoms with Gasteiger partial charge in [-0.1, -0.05) is 11.6 Å². The van der Waals surface area contributed by atoms with E-state index in [-0.39, 0.29) is 6.61 Å². The Morgan fingerprint density at radius 3 is 2.65 bits per heavy atom. The Morgan fingerprint density at radius 2 is 2.12 bits per heavy atom. The molecule has 5 heteroatoms. The molecule has 0 fully saturated rings. The summed E-state index contributed by atoms with van der Waals surface area (Å²) in [5, 5.41) is 18.9. The summed E-state index contributed by atoms with van der Waals surface area (Å²) in [5.41, 5.74) is 0.569. The van der Waals surface area contributed by atoms with Crippen LogP contribution in [0.3, 0.4) is 0 Å². The van der Waals surface area contributed by atoms with Crippen LogP contribution in [0.2, 0.25) is 5.02 Å². The molecule has 0 aromatic heterocycles. The van der Waals surface area contributed by atoms with Gasteiger partial charge in [-0.15, -0.1) is 0 Å². The van der Waals surface area contributed by atoms with Crippen molar-refractivity contribution in [2.45, 2.75) is 26.1 Å². The van der Waals surface area contributed by atoms with Crippen molar-refractivity contribution in [2.24, 2.45) is 0 Å². The van der Waals surface area contributed by atoms with Crippen LogP contribution in [0.25, 0.3) is 0 Å². The van der Waals surface area contributed by atoms with Gasteiger partial charge < -0.3 is 19.7 Å². The molecule has 1 rings (SSSR count). The largest absolute Gasteiger partial charge is 0.493 e. The molecule has 0 saturated carbocycles. The van der Waals surface area contributed by atoms with Crippen LogP contribution in [-0.2, 0) is 6.61 Å². The highest BCUT2D eigenvalue weighted by Crippen LogP contribution is 2.34. The van der Waals surface area contributed by atoms with Gasteiger partial charge in [-0.05, 0) is 13.0 Å². The molecule has 0 saturated heterocycles. The first-order chi connectivity index (χ1) is 8.08. The molecule has 0 bridgehead atoms. The summed E-state index contributed by atoms with van der Waals surface area (Å²) in [5.74, 6) is 0.951. The topological polar surface area (TPSA) is 58.9 Å². The van der Waals surface area contributed by atoms with Crippen LogP contribution in [0.4, 0.5) is 0 Å². The summed E-state index contributed by atoms with van der Waals surface area (Å²) in [4.78, 5) is 0. The molecule has 0 radical (unpaired) electrons. The number of aliphatic hydroxyl groups is 2. The molecule has 1 atom stereocenters. The molecule has 1 unspecified atom stereocenters. The number of ether oxygens (including phenoxy) is 2. The maximum atomic E-state index is 9.23. The number of halogens is 1. The summed E-state index contributed by atoms with van der Waals surface area (Å²) in [6.07, 6.45) is 0.0854. The number of methoxy groups -OCH3 is 1. The van der Waals surface area contributed by atoms with Crippen molar-refractivity contribution in [2.75, 3.05) is 13.7 Å². The van der Waals surface area contributed by atoms with Crippen molar-refractivity contribution in [3.05, 3.63) is 22.7 Å². The van der Waals surface area contributed by atoms with E-state index < -0.39 is 6.10 Å². The van der Waals surface area contributed by atoms with E-state index in [0.29, 0.717) is 35.1 Å². The van der Waals surface area contributed by atoms with E-state index in [9.17, 15) is 5.11 Å². The predicted molar refractivity (Wildman–Crippen MR) is 65.7 cm³/mol. The minimum absolute atomic E-state index is 0.180. The SMILES string of the molecule is COc1cc(Cl)cc(CO)c1OCCC(C)O. The summed E-state index contributed by atoms with van der Waals surface area (Å²) in [6, 6.07) is 3.25. The molecule has 17 heavy (non-hydrogen) atoms. The average molecular weight is 261 g/mol. The number of rotatable bonds is 6. The second-order valence-corrected chi connectivity index (χ2v) is 4.18. The van der Waals surface area contributed by atoms with Crippen molar-refractivity contribution in [1.82, 2.24) is 0 Å². The highest BCUT2D eigenvalue weighted by atomic mass is 35.5. The lowest BCUT2D eigenvalue weighted by Crippen LogP contribution is -2.09. The van der Waals surface area contributed by atoms with E-state index in [2.05, 4.69) is 0 Å². The summed E-state index contributed by atoms with van der Waals surface area (Å²) in [7, 11) is 1.51. The van der Waals surface area contributed by atoms with Gasteiger partial charge in [0.05, 0.1) is 26.4 Å². The van der Waals surface area contributed by atoms with Gasteiger partial charge in [-0.25, -0.2) is 0 Å². The molecule has 2 N–H and O–H groups in total. The van der Waals surface area contributed by atoms with Crippen LogP contribution in [0.15, 0.2) is 12.1 Å². The standard InChI is InChI=1S/C12H17ClO4/c1-8(15)3-4-17-12-9(7-14)5-10(13)6-11(12)16-2/h5-6,8,14-15H,3-4,7H2,1-2H3. The minimum atomic E-state index is -0.425. The minimum Gasteiger partial charge on any atom is -0.493 e. The molecular weight excluding hydrogens is 244 g/mol. The number of aliphatic hydroxyl groups excluding tert-OH is 2. The Hall–Kier alpha value is -0.970. The number of hydrogen-bond donors (Lipinski definition) is 2. The fourth-order valence-corrected chi connectivity index (χ4v) is 1.62. The average Bonchev–Trinajstić information content (AvgIpc) is 2.29. The van der Waals surface area contributed by atoms with E-state index in [4.69, 9.17) is 26.2 Å². The van der Waals surface area contributed by atoms with E-state index in [1.54, 1.807) is 19.1 Å². The van der Waals surface area contributed by atoms with Gasteiger partial charge in [0.1, 0.15) is 0 Å². The van der Waals surface area contributed by atoms with E-state index in [1.807, 2.05) is 0 Å². The zero-order chi connectivity index (χ0) is 12.8. The highest BCUT2D eigenvalue weighted by Gasteiger charge is 2.12. The lowest BCUT2D eigenvalue weighted by atomic mass is 10.2. The number of benzene rings is 1. The molecule has 0 aliphatic heterocycles. The smallest absolute Gasteiger partial charge is 0.166 e. The fraction of sp³-hybridized carbons (Fsp3) is 0.500. The van der Waals surface area contributed by atoms with Crippen molar-refractivity contribution >= 4 is 11.6 Å². The van der Waals surface area contributed by atoms with Crippen molar-refractivity contribution in [3.8, 4) is 11.5 Å².